The summed E-state index contributed by atoms with van der Waals surface area (Å²) in [6.07, 6.45) is 1.16. The van der Waals surface area contributed by atoms with E-state index in [9.17, 15) is 13.2 Å². The van der Waals surface area contributed by atoms with Crippen molar-refractivity contribution in [3.8, 4) is 71.0 Å². The summed E-state index contributed by atoms with van der Waals surface area (Å²) in [6.45, 7) is 35.3. The molecule has 2 aliphatic heterocycles. The Labute approximate surface area is 381 Å². The minimum absolute atomic E-state index is 0.0157. The van der Waals surface area contributed by atoms with Crippen LogP contribution < -0.4 is 0 Å². The quantitative estimate of drug-likeness (QED) is 0.280. The van der Waals surface area contributed by atoms with Gasteiger partial charge in [0.15, 0.2) is 15.6 Å². The molecular weight excluding hydrogens is 801 g/mol. The van der Waals surface area contributed by atoms with E-state index in [1.165, 1.54) is 7.11 Å². The first-order chi connectivity index (χ1) is 28.9. The molecular formula is C51H86N2O8S. The van der Waals surface area contributed by atoms with Crippen LogP contribution in [0.2, 0.25) is 0 Å². The van der Waals surface area contributed by atoms with E-state index in [1.54, 1.807) is 21.0 Å². The van der Waals surface area contributed by atoms with Crippen LogP contribution in [0.25, 0.3) is 0 Å². The average molecular weight is 887 g/mol. The topological polar surface area (TPSA) is 126 Å². The highest BCUT2D eigenvalue weighted by molar-refractivity contribution is 7.91. The van der Waals surface area contributed by atoms with Gasteiger partial charge in [-0.05, 0) is 13.8 Å². The molecule has 2 N–H and O–H groups in total. The van der Waals surface area contributed by atoms with Gasteiger partial charge in [-0.3, -0.25) is 14.6 Å². The molecule has 0 radical (unpaired) electrons. The van der Waals surface area contributed by atoms with Gasteiger partial charge < -0.3 is 24.4 Å². The highest BCUT2D eigenvalue weighted by Crippen LogP contribution is 2.03. The van der Waals surface area contributed by atoms with Gasteiger partial charge in [0.25, 0.3) is 0 Å². The molecule has 354 valence electrons. The number of morpholine rings is 1. The Hall–Kier alpha value is -3.30. The van der Waals surface area contributed by atoms with E-state index < -0.39 is 15.4 Å². The second kappa shape index (κ2) is 43.0. The number of carbonyl (C=O) groups is 1. The smallest absolute Gasteiger partial charge is 0.159 e. The molecule has 0 aromatic rings. The van der Waals surface area contributed by atoms with E-state index in [-0.39, 0.29) is 30.5 Å². The van der Waals surface area contributed by atoms with Gasteiger partial charge in [-0.1, -0.05) is 142 Å². The van der Waals surface area contributed by atoms with Gasteiger partial charge in [0.05, 0.1) is 37.8 Å². The number of Topliss-reactive ketones (excluding diaryl/α,β-unsaturated/α-hetero) is 1. The Bertz CT molecular complexity index is 1600. The Morgan fingerprint density at radius 2 is 1.03 bits per heavy atom. The third kappa shape index (κ3) is 61.0. The maximum Gasteiger partial charge on any atom is 0.159 e. The first kappa shape index (κ1) is 65.3. The molecule has 0 atom stereocenters. The predicted octanol–water partition coefficient (Wildman–Crippen LogP) is 6.34. The second-order valence-corrected chi connectivity index (χ2v) is 19.0. The summed E-state index contributed by atoms with van der Waals surface area (Å²) >= 11 is 0. The molecule has 0 saturated carbocycles. The summed E-state index contributed by atoms with van der Waals surface area (Å²) in [4.78, 5) is 15.3. The summed E-state index contributed by atoms with van der Waals surface area (Å²) in [5.41, 5.74) is -0.829. The summed E-state index contributed by atoms with van der Waals surface area (Å²) in [5, 5.41) is 17.2. The van der Waals surface area contributed by atoms with Crippen molar-refractivity contribution in [2.75, 3.05) is 98.0 Å². The van der Waals surface area contributed by atoms with Gasteiger partial charge in [-0.2, -0.15) is 0 Å². The van der Waals surface area contributed by atoms with Crippen molar-refractivity contribution in [2.24, 2.45) is 35.5 Å². The fraction of sp³-hybridized carbons (Fsp3) is 0.745. The van der Waals surface area contributed by atoms with Gasteiger partial charge in [0, 0.05) is 88.7 Å². The minimum Gasteiger partial charge on any atom is -0.384 e. The molecule has 2 fully saturated rings. The van der Waals surface area contributed by atoms with Crippen LogP contribution in [0.15, 0.2) is 0 Å². The standard InChI is InChI=1S/C10H17NO2S.C10H17NO.C10H16O2.C8H14O.C7H12O.C6H10O/c1-10(2)4-3-5-11-6-8-14(12,13)9-7-11;1-10(2)4-3-5-11-6-8-12-9-7-11;1-9(2)6-4-5-7-10(11)8-12-3;1-7(2)5-6-8(3,4)9;1-7(2)5-4-6-8-3;1-6(2)4-3-5-7/h10H,5-9H2,1-2H3;10H,5-9H2,1-2H3;9H,5,7-8H2,1-3H3;7,9H,1-4H3;7H,6H2,1-3H3;6-7H,5H2,1-2H3. The van der Waals surface area contributed by atoms with Crippen LogP contribution in [0, 0.1) is 107 Å². The molecule has 2 heterocycles. The zero-order chi connectivity index (χ0) is 48.4. The Morgan fingerprint density at radius 3 is 1.39 bits per heavy atom. The molecule has 0 unspecified atom stereocenters. The SMILES string of the molecule is CC(C)C#CC(C)(C)O.CC(C)C#CCN1CCOCC1.CC(C)C#CCN1CCS(=O)(=O)CC1.CC(C)C#CCO.COCC#CC(C)C.COCC(=O)CCC#CC(C)C. The maximum absolute atomic E-state index is 11.1. The first-order valence-corrected chi connectivity index (χ1v) is 23.7. The number of ether oxygens (including phenoxy) is 3. The monoisotopic (exact) mass is 887 g/mol. The number of ketones is 1. The molecule has 0 aromatic carbocycles. The van der Waals surface area contributed by atoms with Crippen molar-refractivity contribution < 1.29 is 37.6 Å². The number of aliphatic hydroxyl groups excluding tert-OH is 1. The number of sulfone groups is 1. The number of rotatable bonds is 7. The number of nitrogens with zero attached hydrogens (tertiary/aromatic N) is 2. The van der Waals surface area contributed by atoms with Crippen molar-refractivity contribution in [3.63, 3.8) is 0 Å². The third-order valence-corrected chi connectivity index (χ3v) is 8.51. The summed E-state index contributed by atoms with van der Waals surface area (Å²) < 4.78 is 36.9. The lowest BCUT2D eigenvalue weighted by molar-refractivity contribution is -0.122. The van der Waals surface area contributed by atoms with Gasteiger partial charge in [0.2, 0.25) is 0 Å². The number of hydrogen-bond donors (Lipinski definition) is 2. The van der Waals surface area contributed by atoms with Crippen LogP contribution in [0.4, 0.5) is 0 Å². The minimum atomic E-state index is -2.75. The lowest BCUT2D eigenvalue weighted by atomic mass is 10.1. The lowest BCUT2D eigenvalue weighted by Gasteiger charge is -2.24. The van der Waals surface area contributed by atoms with E-state index in [4.69, 9.17) is 19.7 Å². The van der Waals surface area contributed by atoms with E-state index >= 15 is 0 Å². The number of aliphatic hydroxyl groups is 2. The Morgan fingerprint density at radius 1 is 0.629 bits per heavy atom. The van der Waals surface area contributed by atoms with Crippen LogP contribution >= 0.6 is 0 Å². The normalized spacial score (nSPS) is 13.9. The highest BCUT2D eigenvalue weighted by Gasteiger charge is 2.20. The van der Waals surface area contributed by atoms with Crippen LogP contribution in [0.5, 0.6) is 0 Å². The molecule has 0 spiro atoms. The fourth-order valence-electron chi connectivity index (χ4n) is 3.99. The van der Waals surface area contributed by atoms with Crippen LogP contribution in [-0.4, -0.2) is 138 Å². The lowest BCUT2D eigenvalue weighted by Crippen LogP contribution is -2.40. The zero-order valence-corrected chi connectivity index (χ0v) is 42.5. The molecule has 2 saturated heterocycles. The maximum atomic E-state index is 11.1. The van der Waals surface area contributed by atoms with E-state index in [0.29, 0.717) is 74.6 Å². The molecule has 0 bridgehead atoms. The number of hydrogen-bond acceptors (Lipinski definition) is 10. The molecule has 0 amide bonds. The van der Waals surface area contributed by atoms with E-state index in [0.717, 1.165) is 32.8 Å². The third-order valence-electron chi connectivity index (χ3n) is 6.90. The van der Waals surface area contributed by atoms with Crippen molar-refractivity contribution in [3.05, 3.63) is 0 Å². The number of methoxy groups -OCH3 is 2. The molecule has 10 nitrogen and oxygen atoms in total. The van der Waals surface area contributed by atoms with Gasteiger partial charge in [-0.25, -0.2) is 8.42 Å². The average Bonchev–Trinajstić information content (AvgIpc) is 3.17. The predicted molar refractivity (Wildman–Crippen MR) is 259 cm³/mol. The summed E-state index contributed by atoms with van der Waals surface area (Å²) in [5.74, 6) is 38.4. The zero-order valence-electron chi connectivity index (χ0n) is 41.7. The van der Waals surface area contributed by atoms with E-state index in [1.807, 2.05) is 55.4 Å². The van der Waals surface area contributed by atoms with Crippen molar-refractivity contribution in [1.82, 2.24) is 9.80 Å². The Kier molecular flexibility index (Phi) is 45.3. The second-order valence-electron chi connectivity index (χ2n) is 16.7. The highest BCUT2D eigenvalue weighted by atomic mass is 32.2. The van der Waals surface area contributed by atoms with E-state index in [2.05, 4.69) is 113 Å². The van der Waals surface area contributed by atoms with Gasteiger partial charge in [-0.15, -0.1) is 11.8 Å². The molecule has 0 aliphatic carbocycles. The molecule has 0 aromatic heterocycles. The first-order valence-electron chi connectivity index (χ1n) is 21.9. The summed E-state index contributed by atoms with van der Waals surface area (Å²) in [6, 6.07) is 0. The number of carbonyl (C=O) groups excluding carboxylic acids is 1. The molecule has 11 heteroatoms. The van der Waals surface area contributed by atoms with Crippen molar-refractivity contribution >= 4 is 15.6 Å². The largest absolute Gasteiger partial charge is 0.384 e. The molecule has 2 rings (SSSR count). The van der Waals surface area contributed by atoms with Crippen LogP contribution in [0.1, 0.15) is 110 Å². The fourth-order valence-corrected chi connectivity index (χ4v) is 5.27. The molecule has 2 aliphatic rings. The van der Waals surface area contributed by atoms with Crippen LogP contribution in [-0.2, 0) is 28.8 Å². The molecule has 62 heavy (non-hydrogen) atoms. The van der Waals surface area contributed by atoms with Crippen molar-refractivity contribution in [2.45, 2.75) is 115 Å². The van der Waals surface area contributed by atoms with Crippen molar-refractivity contribution in [1.29, 1.82) is 0 Å². The Balaban J connectivity index is -0.000000331. The summed E-state index contributed by atoms with van der Waals surface area (Å²) in [7, 11) is 0.426. The van der Waals surface area contributed by atoms with Gasteiger partial charge in [0.1, 0.15) is 25.4 Å². The van der Waals surface area contributed by atoms with Crippen LogP contribution in [0.3, 0.4) is 0 Å². The van der Waals surface area contributed by atoms with Gasteiger partial charge >= 0.3 is 0 Å².